The lowest BCUT2D eigenvalue weighted by molar-refractivity contribution is -0.126. The summed E-state index contributed by atoms with van der Waals surface area (Å²) in [6.45, 7) is 6.60. The molecule has 2 aliphatic rings. The predicted octanol–water partition coefficient (Wildman–Crippen LogP) is 2.38. The van der Waals surface area contributed by atoms with Gasteiger partial charge in [-0.2, -0.15) is 0 Å². The molecular formula is C17H24ClN3O. The van der Waals surface area contributed by atoms with E-state index in [-0.39, 0.29) is 11.9 Å². The van der Waals surface area contributed by atoms with Crippen LogP contribution in [0.1, 0.15) is 19.8 Å². The zero-order chi connectivity index (χ0) is 15.5. The van der Waals surface area contributed by atoms with E-state index in [0.29, 0.717) is 0 Å². The number of benzene rings is 1. The Bertz CT molecular complexity index is 507. The van der Waals surface area contributed by atoms with Crippen LogP contribution in [-0.4, -0.2) is 49.6 Å². The molecule has 1 aliphatic heterocycles. The molecule has 0 bridgehead atoms. The van der Waals surface area contributed by atoms with Gasteiger partial charge in [0.15, 0.2) is 0 Å². The van der Waals surface area contributed by atoms with Gasteiger partial charge < -0.3 is 10.2 Å². The molecule has 1 heterocycles. The van der Waals surface area contributed by atoms with Gasteiger partial charge in [0.1, 0.15) is 0 Å². The highest BCUT2D eigenvalue weighted by Crippen LogP contribution is 2.27. The first-order valence-corrected chi connectivity index (χ1v) is 8.53. The summed E-state index contributed by atoms with van der Waals surface area (Å²) < 4.78 is 0. The summed E-state index contributed by atoms with van der Waals surface area (Å²) in [5, 5.41) is 3.85. The number of nitrogens with zero attached hydrogens (tertiary/aromatic N) is 2. The van der Waals surface area contributed by atoms with Gasteiger partial charge in [-0.25, -0.2) is 0 Å². The molecule has 1 aliphatic carbocycles. The quantitative estimate of drug-likeness (QED) is 0.904. The Balaban J connectivity index is 1.47. The van der Waals surface area contributed by atoms with E-state index in [0.717, 1.165) is 43.7 Å². The largest absolute Gasteiger partial charge is 0.369 e. The van der Waals surface area contributed by atoms with E-state index in [4.69, 9.17) is 11.6 Å². The number of halogens is 1. The predicted molar refractivity (Wildman–Crippen MR) is 90.4 cm³/mol. The maximum Gasteiger partial charge on any atom is 0.237 e. The summed E-state index contributed by atoms with van der Waals surface area (Å²) in [6.07, 6.45) is 2.54. The van der Waals surface area contributed by atoms with Crippen LogP contribution in [0.25, 0.3) is 0 Å². The summed E-state index contributed by atoms with van der Waals surface area (Å²) in [6, 6.07) is 7.94. The fraction of sp³-hybridized carbons (Fsp3) is 0.588. The maximum absolute atomic E-state index is 12.2. The topological polar surface area (TPSA) is 35.6 Å². The lowest BCUT2D eigenvalue weighted by atomic mass is 10.2. The van der Waals surface area contributed by atoms with Crippen LogP contribution in [0.15, 0.2) is 24.3 Å². The van der Waals surface area contributed by atoms with E-state index in [9.17, 15) is 4.79 Å². The third-order valence-electron chi connectivity index (χ3n) is 4.70. The first-order chi connectivity index (χ1) is 10.6. The van der Waals surface area contributed by atoms with Crippen LogP contribution < -0.4 is 10.2 Å². The van der Waals surface area contributed by atoms with Crippen molar-refractivity contribution in [2.45, 2.75) is 25.8 Å². The molecule has 1 amide bonds. The second-order valence-electron chi connectivity index (χ2n) is 6.36. The maximum atomic E-state index is 12.2. The van der Waals surface area contributed by atoms with E-state index < -0.39 is 0 Å². The van der Waals surface area contributed by atoms with Gasteiger partial charge in [0.25, 0.3) is 0 Å². The minimum Gasteiger partial charge on any atom is -0.369 e. The number of anilines is 1. The fourth-order valence-corrected chi connectivity index (χ4v) is 3.03. The Morgan fingerprint density at radius 3 is 2.45 bits per heavy atom. The molecule has 1 aromatic rings. The average molecular weight is 322 g/mol. The molecule has 1 aromatic carbocycles. The van der Waals surface area contributed by atoms with Gasteiger partial charge in [0, 0.05) is 43.4 Å². The Labute approximate surface area is 137 Å². The number of piperazine rings is 1. The van der Waals surface area contributed by atoms with Crippen LogP contribution >= 0.6 is 11.6 Å². The van der Waals surface area contributed by atoms with Crippen LogP contribution in [0.3, 0.4) is 0 Å². The van der Waals surface area contributed by atoms with Gasteiger partial charge in [-0.05, 0) is 49.9 Å². The van der Waals surface area contributed by atoms with Crippen molar-refractivity contribution in [3.05, 3.63) is 29.3 Å². The molecule has 0 aromatic heterocycles. The smallest absolute Gasteiger partial charge is 0.237 e. The molecule has 120 valence electrons. The summed E-state index contributed by atoms with van der Waals surface area (Å²) in [5.41, 5.74) is 1.20. The summed E-state index contributed by atoms with van der Waals surface area (Å²) in [4.78, 5) is 16.8. The highest BCUT2D eigenvalue weighted by atomic mass is 35.5. The second kappa shape index (κ2) is 6.88. The van der Waals surface area contributed by atoms with Crippen LogP contribution in [0.2, 0.25) is 5.02 Å². The first kappa shape index (κ1) is 15.6. The third-order valence-corrected chi connectivity index (χ3v) is 4.95. The molecule has 0 spiro atoms. The van der Waals surface area contributed by atoms with E-state index in [2.05, 4.69) is 27.2 Å². The molecular weight excluding hydrogens is 298 g/mol. The monoisotopic (exact) mass is 321 g/mol. The van der Waals surface area contributed by atoms with Gasteiger partial charge in [-0.15, -0.1) is 0 Å². The number of carbonyl (C=O) groups is 1. The molecule has 22 heavy (non-hydrogen) atoms. The number of rotatable bonds is 5. The zero-order valence-electron chi connectivity index (χ0n) is 13.1. The van der Waals surface area contributed by atoms with Crippen LogP contribution in [-0.2, 0) is 4.79 Å². The Hall–Kier alpha value is -1.26. The van der Waals surface area contributed by atoms with Gasteiger partial charge in [0.2, 0.25) is 5.91 Å². The van der Waals surface area contributed by atoms with Gasteiger partial charge >= 0.3 is 0 Å². The van der Waals surface area contributed by atoms with Crippen molar-refractivity contribution in [3.63, 3.8) is 0 Å². The summed E-state index contributed by atoms with van der Waals surface area (Å²) in [7, 11) is 0. The first-order valence-electron chi connectivity index (χ1n) is 8.16. The summed E-state index contributed by atoms with van der Waals surface area (Å²) >= 11 is 5.94. The molecule has 0 radical (unpaired) electrons. The van der Waals surface area contributed by atoms with Crippen molar-refractivity contribution in [2.24, 2.45) is 5.92 Å². The lowest BCUT2D eigenvalue weighted by Crippen LogP contribution is -2.54. The Morgan fingerprint density at radius 2 is 1.86 bits per heavy atom. The molecule has 1 N–H and O–H groups in total. The van der Waals surface area contributed by atoms with Crippen molar-refractivity contribution in [1.82, 2.24) is 10.2 Å². The zero-order valence-corrected chi connectivity index (χ0v) is 13.9. The van der Waals surface area contributed by atoms with Crippen molar-refractivity contribution < 1.29 is 4.79 Å². The summed E-state index contributed by atoms with van der Waals surface area (Å²) in [5.74, 6) is 0.907. The van der Waals surface area contributed by atoms with E-state index in [1.54, 1.807) is 0 Å². The van der Waals surface area contributed by atoms with E-state index in [1.807, 2.05) is 19.1 Å². The normalized spacial score (nSPS) is 20.7. The number of hydrogen-bond acceptors (Lipinski definition) is 3. The average Bonchev–Trinajstić information content (AvgIpc) is 3.37. The minimum absolute atomic E-state index is 0.0360. The highest BCUT2D eigenvalue weighted by Gasteiger charge is 2.27. The molecule has 1 saturated heterocycles. The van der Waals surface area contributed by atoms with Crippen molar-refractivity contribution in [3.8, 4) is 0 Å². The van der Waals surface area contributed by atoms with E-state index >= 15 is 0 Å². The Kier molecular flexibility index (Phi) is 4.89. The SMILES string of the molecule is CC(C(=O)NCC1CC1)N1CCN(c2ccc(Cl)cc2)CC1. The molecule has 1 atom stereocenters. The van der Waals surface area contributed by atoms with Crippen molar-refractivity contribution in [1.29, 1.82) is 0 Å². The van der Waals surface area contributed by atoms with Crippen LogP contribution in [0.5, 0.6) is 0 Å². The van der Waals surface area contributed by atoms with Gasteiger partial charge in [-0.3, -0.25) is 9.69 Å². The molecule has 1 saturated carbocycles. The lowest BCUT2D eigenvalue weighted by Gasteiger charge is -2.38. The fourth-order valence-electron chi connectivity index (χ4n) is 2.90. The minimum atomic E-state index is -0.0360. The molecule has 4 nitrogen and oxygen atoms in total. The van der Waals surface area contributed by atoms with Crippen molar-refractivity contribution >= 4 is 23.2 Å². The number of amides is 1. The van der Waals surface area contributed by atoms with Gasteiger partial charge in [0.05, 0.1) is 6.04 Å². The molecule has 5 heteroatoms. The molecule has 1 unspecified atom stereocenters. The van der Waals surface area contributed by atoms with Crippen LogP contribution in [0.4, 0.5) is 5.69 Å². The molecule has 2 fully saturated rings. The second-order valence-corrected chi connectivity index (χ2v) is 6.80. The Morgan fingerprint density at radius 1 is 1.23 bits per heavy atom. The number of nitrogens with one attached hydrogen (secondary N) is 1. The number of carbonyl (C=O) groups excluding carboxylic acids is 1. The standard InChI is InChI=1S/C17H24ClN3O/c1-13(17(22)19-12-14-2-3-14)20-8-10-21(11-9-20)16-6-4-15(18)5-7-16/h4-7,13-14H,2-3,8-12H2,1H3,(H,19,22). The molecule has 3 rings (SSSR count). The van der Waals surface area contributed by atoms with Crippen LogP contribution in [0, 0.1) is 5.92 Å². The third kappa shape index (κ3) is 3.93. The van der Waals surface area contributed by atoms with Gasteiger partial charge in [-0.1, -0.05) is 11.6 Å². The van der Waals surface area contributed by atoms with Crippen molar-refractivity contribution in [2.75, 3.05) is 37.6 Å². The number of hydrogen-bond donors (Lipinski definition) is 1. The van der Waals surface area contributed by atoms with E-state index in [1.165, 1.54) is 18.5 Å². The highest BCUT2D eigenvalue weighted by molar-refractivity contribution is 6.30.